The summed E-state index contributed by atoms with van der Waals surface area (Å²) in [4.78, 5) is 0. The molecule has 0 saturated carbocycles. The number of hydrogen-bond acceptors (Lipinski definition) is 0. The Hall–Kier alpha value is -6.64. The third kappa shape index (κ3) is 4.33. The first-order valence-electron chi connectivity index (χ1n) is 21.9. The zero-order valence-electron chi connectivity index (χ0n) is 37.1. The Morgan fingerprint density at radius 1 is 0.434 bits per heavy atom. The molecular weight excluding hydrogens is 641 g/mol. The molecule has 0 unspecified atom stereocenters. The fourth-order valence-electron chi connectivity index (χ4n) is 8.68. The molecule has 10 aromatic rings. The fourth-order valence-corrected chi connectivity index (χ4v) is 8.68. The van der Waals surface area contributed by atoms with E-state index in [-0.39, 0.29) is 47.9 Å². The van der Waals surface area contributed by atoms with Gasteiger partial charge in [-0.1, -0.05) is 135 Å². The second-order valence-electron chi connectivity index (χ2n) is 14.3. The quantitative estimate of drug-likeness (QED) is 0.175. The smallest absolute Gasteiger partial charge is 0.0645 e. The van der Waals surface area contributed by atoms with Gasteiger partial charge in [0.25, 0.3) is 0 Å². The van der Waals surface area contributed by atoms with Crippen molar-refractivity contribution in [3.8, 4) is 44.8 Å². The second-order valence-corrected chi connectivity index (χ2v) is 14.3. The molecule has 8 aromatic carbocycles. The summed E-state index contributed by atoms with van der Waals surface area (Å²) in [7, 11) is 0. The molecule has 0 aliphatic heterocycles. The minimum absolute atomic E-state index is 0.00426. The van der Waals surface area contributed by atoms with Gasteiger partial charge in [-0.15, -0.1) is 0 Å². The number of nitrogens with zero attached hydrogens (tertiary/aromatic N) is 2. The molecule has 0 spiro atoms. The van der Waals surface area contributed by atoms with Crippen LogP contribution in [0.2, 0.25) is 0 Å². The van der Waals surface area contributed by atoms with Crippen LogP contribution < -0.4 is 0 Å². The van der Waals surface area contributed by atoms with Crippen molar-refractivity contribution in [2.75, 3.05) is 0 Å². The second kappa shape index (κ2) is 11.2. The molecule has 0 amide bonds. The van der Waals surface area contributed by atoms with Gasteiger partial charge in [0.15, 0.2) is 0 Å². The summed E-state index contributed by atoms with van der Waals surface area (Å²) in [5.41, 5.74) is 10.4. The van der Waals surface area contributed by atoms with E-state index in [0.717, 1.165) is 66.3 Å². The standard InChI is InChI=1S/C51H36N2/c1-51(2)44-27-26-37(32-43(44)50-38(20-13-21-45(50)51)33-14-5-3-6-15-33)53-47-23-12-10-19-40(47)42-31-35(25-29-49(42)53)34-24-28-48-41(30-34)39-18-9-11-22-46(39)52(48)36-16-7-4-8-17-36/h3-32H,1-2H3/i3D,5D,6D,14D,15D,24D,28D,30D. The van der Waals surface area contributed by atoms with E-state index in [0.29, 0.717) is 27.6 Å². The molecular formula is C51H36N2. The van der Waals surface area contributed by atoms with Crippen LogP contribution in [0.5, 0.6) is 0 Å². The Bertz CT molecular complexity index is 3520. The number of rotatable bonds is 4. The monoisotopic (exact) mass is 684 g/mol. The van der Waals surface area contributed by atoms with Crippen LogP contribution in [-0.4, -0.2) is 9.13 Å². The highest BCUT2D eigenvalue weighted by molar-refractivity contribution is 6.13. The van der Waals surface area contributed by atoms with Crippen molar-refractivity contribution >= 4 is 43.6 Å². The molecule has 2 nitrogen and oxygen atoms in total. The molecule has 1 aliphatic carbocycles. The van der Waals surface area contributed by atoms with E-state index in [1.165, 1.54) is 0 Å². The average Bonchev–Trinajstić information content (AvgIpc) is 3.88. The third-order valence-corrected chi connectivity index (χ3v) is 11.1. The van der Waals surface area contributed by atoms with E-state index in [4.69, 9.17) is 6.85 Å². The van der Waals surface area contributed by atoms with Crippen molar-refractivity contribution in [2.24, 2.45) is 0 Å². The lowest BCUT2D eigenvalue weighted by atomic mass is 9.82. The van der Waals surface area contributed by atoms with Gasteiger partial charge >= 0.3 is 0 Å². The van der Waals surface area contributed by atoms with E-state index in [9.17, 15) is 4.11 Å². The molecule has 0 saturated heterocycles. The molecule has 0 atom stereocenters. The lowest BCUT2D eigenvalue weighted by Gasteiger charge is -2.22. The first-order chi connectivity index (χ1) is 29.4. The van der Waals surface area contributed by atoms with E-state index >= 15 is 0 Å². The Labute approximate surface area is 320 Å². The maximum absolute atomic E-state index is 9.71. The summed E-state index contributed by atoms with van der Waals surface area (Å²) in [5, 5.41) is 3.43. The maximum atomic E-state index is 9.71. The molecule has 2 heteroatoms. The molecule has 0 N–H and O–H groups in total. The van der Waals surface area contributed by atoms with Crippen LogP contribution in [0.25, 0.3) is 88.4 Å². The zero-order chi connectivity index (χ0) is 42.2. The minimum atomic E-state index is -0.421. The first kappa shape index (κ1) is 23.0. The SMILES string of the molecule is [2H]c1c([2H])c([2H])c(-c2cccc3c2-c2cc(-n4c5ccccc5c5cc(-c6c([2H])c([2H])c7c(c6[2H])c6ccccc6n7-c6ccccc6)ccc54)ccc2C3(C)C)c([2H])c1[2H]. The van der Waals surface area contributed by atoms with Crippen LogP contribution in [0.1, 0.15) is 35.9 Å². The van der Waals surface area contributed by atoms with Gasteiger partial charge in [-0.25, -0.2) is 0 Å². The van der Waals surface area contributed by atoms with Crippen molar-refractivity contribution in [1.29, 1.82) is 0 Å². The zero-order valence-corrected chi connectivity index (χ0v) is 29.1. The van der Waals surface area contributed by atoms with Crippen LogP contribution in [0.15, 0.2) is 182 Å². The van der Waals surface area contributed by atoms with E-state index in [1.807, 2.05) is 102 Å². The fraction of sp³-hybridized carbons (Fsp3) is 0.0588. The van der Waals surface area contributed by atoms with Gasteiger partial charge in [0.05, 0.1) is 33.0 Å². The largest absolute Gasteiger partial charge is 0.309 e. The molecule has 1 aliphatic rings. The molecule has 0 radical (unpaired) electrons. The molecule has 0 fully saturated rings. The van der Waals surface area contributed by atoms with Gasteiger partial charge in [-0.2, -0.15) is 0 Å². The highest BCUT2D eigenvalue weighted by Gasteiger charge is 2.37. The number of para-hydroxylation sites is 3. The Morgan fingerprint density at radius 3 is 1.92 bits per heavy atom. The normalized spacial score (nSPS) is 15.4. The maximum Gasteiger partial charge on any atom is 0.0645 e. The van der Waals surface area contributed by atoms with E-state index in [2.05, 4.69) is 54.8 Å². The highest BCUT2D eigenvalue weighted by atomic mass is 15.0. The van der Waals surface area contributed by atoms with Gasteiger partial charge in [-0.3, -0.25) is 0 Å². The lowest BCUT2D eigenvalue weighted by Crippen LogP contribution is -2.15. The summed E-state index contributed by atoms with van der Waals surface area (Å²) >= 11 is 0. The van der Waals surface area contributed by atoms with Gasteiger partial charge in [-0.05, 0) is 105 Å². The molecule has 2 heterocycles. The summed E-state index contributed by atoms with van der Waals surface area (Å²) < 4.78 is 75.6. The Balaban J connectivity index is 1.13. The van der Waals surface area contributed by atoms with Crippen LogP contribution in [0, 0.1) is 0 Å². The third-order valence-electron chi connectivity index (χ3n) is 11.1. The molecule has 0 bridgehead atoms. The van der Waals surface area contributed by atoms with Gasteiger partial charge in [0, 0.05) is 38.3 Å². The van der Waals surface area contributed by atoms with Crippen LogP contribution >= 0.6 is 0 Å². The van der Waals surface area contributed by atoms with Crippen LogP contribution in [0.4, 0.5) is 0 Å². The Kier molecular flexibility index (Phi) is 4.86. The summed E-state index contributed by atoms with van der Waals surface area (Å²) in [6.07, 6.45) is 0. The van der Waals surface area contributed by atoms with Crippen LogP contribution in [0.3, 0.4) is 0 Å². The number of hydrogen-bond donors (Lipinski definition) is 0. The van der Waals surface area contributed by atoms with Crippen molar-refractivity contribution in [2.45, 2.75) is 19.3 Å². The average molecular weight is 685 g/mol. The number of fused-ring (bicyclic) bond motifs is 9. The number of aromatic nitrogens is 2. The topological polar surface area (TPSA) is 9.86 Å². The van der Waals surface area contributed by atoms with Crippen LogP contribution in [-0.2, 0) is 5.41 Å². The lowest BCUT2D eigenvalue weighted by molar-refractivity contribution is 0.660. The van der Waals surface area contributed by atoms with Crippen molar-refractivity contribution in [3.05, 3.63) is 193 Å². The van der Waals surface area contributed by atoms with Crippen molar-refractivity contribution in [1.82, 2.24) is 9.13 Å². The van der Waals surface area contributed by atoms with E-state index in [1.54, 1.807) is 0 Å². The summed E-state index contributed by atoms with van der Waals surface area (Å²) in [5.74, 6) is 0. The minimum Gasteiger partial charge on any atom is -0.309 e. The summed E-state index contributed by atoms with van der Waals surface area (Å²) in [6.45, 7) is 4.32. The van der Waals surface area contributed by atoms with E-state index < -0.39 is 11.5 Å². The predicted octanol–water partition coefficient (Wildman–Crippen LogP) is 13.5. The molecule has 11 rings (SSSR count). The van der Waals surface area contributed by atoms with Gasteiger partial charge in [0.2, 0.25) is 0 Å². The van der Waals surface area contributed by atoms with Crippen molar-refractivity contribution < 1.29 is 11.0 Å². The number of benzene rings is 8. The predicted molar refractivity (Wildman–Crippen MR) is 224 cm³/mol. The molecule has 250 valence electrons. The molecule has 53 heavy (non-hydrogen) atoms. The highest BCUT2D eigenvalue weighted by Crippen LogP contribution is 2.53. The first-order valence-corrected chi connectivity index (χ1v) is 17.9. The van der Waals surface area contributed by atoms with Crippen molar-refractivity contribution in [3.63, 3.8) is 0 Å². The van der Waals surface area contributed by atoms with Gasteiger partial charge < -0.3 is 9.13 Å². The van der Waals surface area contributed by atoms with Gasteiger partial charge in [0.1, 0.15) is 0 Å². The summed E-state index contributed by atoms with van der Waals surface area (Å²) in [6, 6.07) is 42.8. The Morgan fingerprint density at radius 2 is 1.13 bits per heavy atom. The molecule has 2 aromatic heterocycles.